The summed E-state index contributed by atoms with van der Waals surface area (Å²) in [6, 6.07) is 0. The Morgan fingerprint density at radius 2 is 1.67 bits per heavy atom. The van der Waals surface area contributed by atoms with Gasteiger partial charge in [-0.05, 0) is 18.8 Å². The maximum absolute atomic E-state index is 11.8. The van der Waals surface area contributed by atoms with Crippen molar-refractivity contribution in [1.29, 1.82) is 0 Å². The number of benzene rings is 1. The minimum atomic E-state index is -4.58. The van der Waals surface area contributed by atoms with Crippen LogP contribution in [0.15, 0.2) is 4.90 Å². The van der Waals surface area contributed by atoms with Crippen LogP contribution in [0.25, 0.3) is 0 Å². The Hall–Kier alpha value is -1.47. The van der Waals surface area contributed by atoms with Crippen molar-refractivity contribution in [2.45, 2.75) is 44.4 Å². The normalized spacial score (nSPS) is 13.0. The molecule has 0 aliphatic heterocycles. The van der Waals surface area contributed by atoms with Gasteiger partial charge in [-0.2, -0.15) is 8.42 Å². The van der Waals surface area contributed by atoms with Gasteiger partial charge in [0.2, 0.25) is 0 Å². The number of rotatable bonds is 6. The smallest absolute Gasteiger partial charge is 0.298 e. The molecule has 6 nitrogen and oxygen atoms in total. The third-order valence-electron chi connectivity index (χ3n) is 3.60. The summed E-state index contributed by atoms with van der Waals surface area (Å²) < 4.78 is 43.5. The first-order valence-corrected chi connectivity index (χ1v) is 8.15. The van der Waals surface area contributed by atoms with Gasteiger partial charge in [-0.1, -0.05) is 20.8 Å². The average molecular weight is 318 g/mol. The summed E-state index contributed by atoms with van der Waals surface area (Å²) in [6.45, 7) is 5.52. The molecule has 0 spiro atoms. The monoisotopic (exact) mass is 318 g/mol. The van der Waals surface area contributed by atoms with E-state index in [0.717, 1.165) is 0 Å². The zero-order valence-corrected chi connectivity index (χ0v) is 13.7. The van der Waals surface area contributed by atoms with E-state index in [1.165, 1.54) is 14.2 Å². The van der Waals surface area contributed by atoms with Gasteiger partial charge in [-0.25, -0.2) is 0 Å². The van der Waals surface area contributed by atoms with Crippen LogP contribution in [-0.4, -0.2) is 32.3 Å². The van der Waals surface area contributed by atoms with Crippen LogP contribution < -0.4 is 9.47 Å². The molecule has 1 rings (SSSR count). The predicted molar refractivity (Wildman–Crippen MR) is 79.1 cm³/mol. The van der Waals surface area contributed by atoms with Crippen molar-refractivity contribution in [3.8, 4) is 17.2 Å². The van der Waals surface area contributed by atoms with Gasteiger partial charge in [0, 0.05) is 11.1 Å². The molecule has 0 amide bonds. The van der Waals surface area contributed by atoms with Gasteiger partial charge in [-0.15, -0.1) is 0 Å². The summed E-state index contributed by atoms with van der Waals surface area (Å²) in [5.41, 5.74) is 0.783. The number of phenols is 1. The summed E-state index contributed by atoms with van der Waals surface area (Å²) in [7, 11) is -1.93. The summed E-state index contributed by atoms with van der Waals surface area (Å²) >= 11 is 0. The van der Waals surface area contributed by atoms with Crippen molar-refractivity contribution in [2.24, 2.45) is 0 Å². The zero-order chi connectivity index (χ0) is 16.4. The van der Waals surface area contributed by atoms with Gasteiger partial charge >= 0.3 is 0 Å². The summed E-state index contributed by atoms with van der Waals surface area (Å²) in [5.74, 6) is -0.489. The number of phenolic OH excluding ortho intramolecular Hbond substituents is 1. The van der Waals surface area contributed by atoms with E-state index < -0.39 is 15.0 Å². The fourth-order valence-corrected chi connectivity index (χ4v) is 3.38. The summed E-state index contributed by atoms with van der Waals surface area (Å²) in [5, 5.41) is 10.2. The molecular weight excluding hydrogens is 296 g/mol. The number of hydrogen-bond acceptors (Lipinski definition) is 5. The van der Waals surface area contributed by atoms with Gasteiger partial charge in [0.15, 0.2) is 11.5 Å². The molecule has 21 heavy (non-hydrogen) atoms. The lowest BCUT2D eigenvalue weighted by Crippen LogP contribution is -2.12. The van der Waals surface area contributed by atoms with Crippen LogP contribution in [0, 0.1) is 0 Å². The van der Waals surface area contributed by atoms with Crippen LogP contribution in [0.3, 0.4) is 0 Å². The molecule has 0 fully saturated rings. The van der Waals surface area contributed by atoms with E-state index in [1.807, 2.05) is 20.8 Å². The van der Waals surface area contributed by atoms with Crippen molar-refractivity contribution < 1.29 is 27.6 Å². The minimum absolute atomic E-state index is 0.198. The van der Waals surface area contributed by atoms with Gasteiger partial charge in [0.1, 0.15) is 10.6 Å². The van der Waals surface area contributed by atoms with E-state index in [2.05, 4.69) is 0 Å². The zero-order valence-electron chi connectivity index (χ0n) is 12.9. The second-order valence-electron chi connectivity index (χ2n) is 4.77. The van der Waals surface area contributed by atoms with Gasteiger partial charge in [-0.3, -0.25) is 4.55 Å². The Kier molecular flexibility index (Phi) is 5.47. The molecule has 7 heteroatoms. The second kappa shape index (κ2) is 6.53. The molecule has 0 saturated carbocycles. The number of ether oxygens (including phenoxy) is 2. The lowest BCUT2D eigenvalue weighted by molar-refractivity contribution is 0.342. The Balaban J connectivity index is 4.03. The van der Waals surface area contributed by atoms with Crippen LogP contribution in [0.5, 0.6) is 17.2 Å². The summed E-state index contributed by atoms with van der Waals surface area (Å²) in [6.07, 6.45) is 1.07. The standard InChI is InChI=1S/C14H22O6S/c1-6-8(3)10-12(19-4)9(7-2)11(15)13(20-5)14(10)21(16,17)18/h8,15H,6-7H2,1-5H3,(H,16,17,18). The van der Waals surface area contributed by atoms with E-state index in [1.54, 1.807) is 0 Å². The van der Waals surface area contributed by atoms with Crippen molar-refractivity contribution in [1.82, 2.24) is 0 Å². The fraction of sp³-hybridized carbons (Fsp3) is 0.571. The second-order valence-corrected chi connectivity index (χ2v) is 6.13. The maximum atomic E-state index is 11.8. The molecule has 0 radical (unpaired) electrons. The van der Waals surface area contributed by atoms with E-state index in [0.29, 0.717) is 24.0 Å². The lowest BCUT2D eigenvalue weighted by atomic mass is 9.93. The topological polar surface area (TPSA) is 93.1 Å². The predicted octanol–water partition coefficient (Wildman–Crippen LogP) is 2.73. The number of aromatic hydroxyl groups is 1. The Morgan fingerprint density at radius 3 is 2.00 bits per heavy atom. The molecule has 0 aliphatic rings. The molecule has 2 N–H and O–H groups in total. The largest absolute Gasteiger partial charge is 0.504 e. The van der Waals surface area contributed by atoms with Gasteiger partial charge in [0.05, 0.1) is 14.2 Å². The summed E-state index contributed by atoms with van der Waals surface area (Å²) in [4.78, 5) is -0.425. The fourth-order valence-electron chi connectivity index (χ4n) is 2.40. The lowest BCUT2D eigenvalue weighted by Gasteiger charge is -2.23. The molecule has 1 unspecified atom stereocenters. The number of methoxy groups -OCH3 is 2. The molecule has 0 saturated heterocycles. The minimum Gasteiger partial charge on any atom is -0.504 e. The average Bonchev–Trinajstić information content (AvgIpc) is 2.43. The van der Waals surface area contributed by atoms with Crippen molar-refractivity contribution in [3.63, 3.8) is 0 Å². The number of hydrogen-bond donors (Lipinski definition) is 2. The molecule has 1 aromatic rings. The Labute approximate surface area is 125 Å². The Morgan fingerprint density at radius 1 is 1.14 bits per heavy atom. The van der Waals surface area contributed by atoms with Crippen LogP contribution in [0.1, 0.15) is 44.2 Å². The van der Waals surface area contributed by atoms with E-state index in [4.69, 9.17) is 9.47 Å². The molecule has 0 aliphatic carbocycles. The highest BCUT2D eigenvalue weighted by Gasteiger charge is 2.33. The highest BCUT2D eigenvalue weighted by Crippen LogP contribution is 2.48. The first kappa shape index (κ1) is 17.6. The Bertz CT molecular complexity index is 621. The quantitative estimate of drug-likeness (QED) is 0.783. The van der Waals surface area contributed by atoms with Gasteiger partial charge < -0.3 is 14.6 Å². The molecule has 0 bridgehead atoms. The molecule has 0 aromatic heterocycles. The van der Waals surface area contributed by atoms with E-state index >= 15 is 0 Å². The van der Waals surface area contributed by atoms with Crippen molar-refractivity contribution in [3.05, 3.63) is 11.1 Å². The molecule has 0 heterocycles. The molecular formula is C14H22O6S. The first-order chi connectivity index (χ1) is 9.74. The molecule has 1 aromatic carbocycles. The van der Waals surface area contributed by atoms with Crippen molar-refractivity contribution >= 4 is 10.1 Å². The van der Waals surface area contributed by atoms with Crippen LogP contribution >= 0.6 is 0 Å². The molecule has 1 atom stereocenters. The van der Waals surface area contributed by atoms with Crippen LogP contribution in [-0.2, 0) is 16.5 Å². The van der Waals surface area contributed by atoms with Crippen molar-refractivity contribution in [2.75, 3.05) is 14.2 Å². The highest BCUT2D eigenvalue weighted by molar-refractivity contribution is 7.86. The SMILES string of the molecule is CCc1c(O)c(OC)c(S(=O)(=O)O)c(C(C)CC)c1OC. The van der Waals surface area contributed by atoms with Gasteiger partial charge in [0.25, 0.3) is 10.1 Å². The molecule has 120 valence electrons. The maximum Gasteiger partial charge on any atom is 0.298 e. The van der Waals surface area contributed by atoms with Crippen LogP contribution in [0.4, 0.5) is 0 Å². The highest BCUT2D eigenvalue weighted by atomic mass is 32.2. The third-order valence-corrected chi connectivity index (χ3v) is 4.52. The first-order valence-electron chi connectivity index (χ1n) is 6.71. The van der Waals surface area contributed by atoms with E-state index in [9.17, 15) is 18.1 Å². The van der Waals surface area contributed by atoms with E-state index in [-0.39, 0.29) is 23.2 Å². The third kappa shape index (κ3) is 3.08. The van der Waals surface area contributed by atoms with Crippen LogP contribution in [0.2, 0.25) is 0 Å².